The van der Waals surface area contributed by atoms with Crippen LogP contribution in [0, 0.1) is 5.92 Å². The van der Waals surface area contributed by atoms with Crippen LogP contribution in [0.15, 0.2) is 24.3 Å². The summed E-state index contributed by atoms with van der Waals surface area (Å²) in [6, 6.07) is 10.3. The molecule has 2 heteroatoms. The molecule has 1 saturated heterocycles. The zero-order valence-electron chi connectivity index (χ0n) is 13.6. The van der Waals surface area contributed by atoms with E-state index < -0.39 is 0 Å². The molecule has 116 valence electrons. The average molecular weight is 286 g/mol. The Morgan fingerprint density at radius 1 is 1.19 bits per heavy atom. The highest BCUT2D eigenvalue weighted by atomic mass is 15.2. The van der Waals surface area contributed by atoms with Crippen molar-refractivity contribution < 1.29 is 0 Å². The first-order valence-electron chi connectivity index (χ1n) is 8.88. The van der Waals surface area contributed by atoms with Crippen LogP contribution >= 0.6 is 0 Å². The molecule has 0 saturated carbocycles. The summed E-state index contributed by atoms with van der Waals surface area (Å²) in [5, 5.41) is 3.85. The van der Waals surface area contributed by atoms with Gasteiger partial charge in [0, 0.05) is 18.6 Å². The lowest BCUT2D eigenvalue weighted by Crippen LogP contribution is -2.46. The van der Waals surface area contributed by atoms with Gasteiger partial charge in [-0.2, -0.15) is 0 Å². The summed E-state index contributed by atoms with van der Waals surface area (Å²) < 4.78 is 0. The Bertz CT molecular complexity index is 457. The number of aryl methyl sites for hydroxylation is 1. The van der Waals surface area contributed by atoms with Crippen LogP contribution in [0.5, 0.6) is 0 Å². The Hall–Kier alpha value is -0.860. The van der Waals surface area contributed by atoms with E-state index in [-0.39, 0.29) is 0 Å². The predicted octanol–water partition coefficient (Wildman–Crippen LogP) is 3.77. The number of nitrogens with zero attached hydrogens (tertiary/aromatic N) is 1. The fraction of sp³-hybridized carbons (Fsp3) is 0.684. The zero-order valence-corrected chi connectivity index (χ0v) is 13.6. The molecule has 21 heavy (non-hydrogen) atoms. The number of likely N-dealkylation sites (tertiary alicyclic amines) is 1. The van der Waals surface area contributed by atoms with E-state index in [1.807, 2.05) is 0 Å². The molecule has 1 aromatic carbocycles. The molecule has 3 rings (SSSR count). The molecule has 0 radical (unpaired) electrons. The molecule has 1 fully saturated rings. The first kappa shape index (κ1) is 15.1. The minimum absolute atomic E-state index is 0.533. The standard InChI is InChI=1S/C19H30N2/c1-3-12-20-19-17-8-6-5-7-16(17)9-10-18(19)21-13-11-15(4-2)14-21/h5-8,15,18-20H,3-4,9-14H2,1-2H3. The van der Waals surface area contributed by atoms with Gasteiger partial charge in [-0.3, -0.25) is 4.90 Å². The molecule has 2 aliphatic rings. The van der Waals surface area contributed by atoms with Gasteiger partial charge in [-0.15, -0.1) is 0 Å². The predicted molar refractivity (Wildman–Crippen MR) is 89.6 cm³/mol. The number of fused-ring (bicyclic) bond motifs is 1. The summed E-state index contributed by atoms with van der Waals surface area (Å²) in [7, 11) is 0. The van der Waals surface area contributed by atoms with Crippen molar-refractivity contribution in [2.45, 2.75) is 58.0 Å². The third-order valence-corrected chi connectivity index (χ3v) is 5.46. The van der Waals surface area contributed by atoms with Gasteiger partial charge in [-0.05, 0) is 55.8 Å². The molecule has 0 spiro atoms. The fourth-order valence-electron chi connectivity index (χ4n) is 4.18. The lowest BCUT2D eigenvalue weighted by molar-refractivity contribution is 0.166. The maximum absolute atomic E-state index is 3.85. The minimum Gasteiger partial charge on any atom is -0.309 e. The molecule has 2 nitrogen and oxygen atoms in total. The van der Waals surface area contributed by atoms with Crippen LogP contribution in [0.2, 0.25) is 0 Å². The van der Waals surface area contributed by atoms with Crippen molar-refractivity contribution >= 4 is 0 Å². The average Bonchev–Trinajstić information content (AvgIpc) is 3.01. The molecule has 1 aliphatic heterocycles. The van der Waals surface area contributed by atoms with Crippen LogP contribution in [0.3, 0.4) is 0 Å². The SMILES string of the molecule is CCCNC1c2ccccc2CCC1N1CCC(CC)C1. The molecule has 0 amide bonds. The number of hydrogen-bond acceptors (Lipinski definition) is 2. The van der Waals surface area contributed by atoms with Gasteiger partial charge in [0.15, 0.2) is 0 Å². The monoisotopic (exact) mass is 286 g/mol. The summed E-state index contributed by atoms with van der Waals surface area (Å²) in [5.41, 5.74) is 3.12. The Kier molecular flexibility index (Phi) is 4.97. The van der Waals surface area contributed by atoms with E-state index in [1.54, 1.807) is 11.1 Å². The normalized spacial score (nSPS) is 29.5. The summed E-state index contributed by atoms with van der Waals surface area (Å²) in [4.78, 5) is 2.78. The molecule has 1 aromatic rings. The number of hydrogen-bond donors (Lipinski definition) is 1. The van der Waals surface area contributed by atoms with Gasteiger partial charge in [0.1, 0.15) is 0 Å². The Morgan fingerprint density at radius 2 is 2.05 bits per heavy atom. The molecule has 1 heterocycles. The quantitative estimate of drug-likeness (QED) is 0.886. The Morgan fingerprint density at radius 3 is 2.81 bits per heavy atom. The smallest absolute Gasteiger partial charge is 0.0481 e. The summed E-state index contributed by atoms with van der Waals surface area (Å²) in [6.07, 6.45) is 6.51. The molecule has 0 bridgehead atoms. The first-order valence-corrected chi connectivity index (χ1v) is 8.88. The molecule has 1 aliphatic carbocycles. The van der Waals surface area contributed by atoms with Gasteiger partial charge in [-0.1, -0.05) is 44.5 Å². The van der Waals surface area contributed by atoms with Gasteiger partial charge < -0.3 is 5.32 Å². The largest absolute Gasteiger partial charge is 0.309 e. The maximum atomic E-state index is 3.85. The van der Waals surface area contributed by atoms with Crippen LogP contribution in [-0.2, 0) is 6.42 Å². The highest BCUT2D eigenvalue weighted by Gasteiger charge is 2.36. The van der Waals surface area contributed by atoms with E-state index in [9.17, 15) is 0 Å². The van der Waals surface area contributed by atoms with Crippen molar-refractivity contribution in [2.24, 2.45) is 5.92 Å². The number of nitrogens with one attached hydrogen (secondary N) is 1. The van der Waals surface area contributed by atoms with Gasteiger partial charge >= 0.3 is 0 Å². The van der Waals surface area contributed by atoms with Crippen LogP contribution < -0.4 is 5.32 Å². The summed E-state index contributed by atoms with van der Waals surface area (Å²) >= 11 is 0. The summed E-state index contributed by atoms with van der Waals surface area (Å²) in [5.74, 6) is 0.925. The van der Waals surface area contributed by atoms with Gasteiger partial charge in [0.2, 0.25) is 0 Å². The number of benzene rings is 1. The van der Waals surface area contributed by atoms with E-state index in [2.05, 4.69) is 48.3 Å². The molecule has 3 unspecified atom stereocenters. The first-order chi connectivity index (χ1) is 10.3. The summed E-state index contributed by atoms with van der Waals surface area (Å²) in [6.45, 7) is 8.35. The van der Waals surface area contributed by atoms with Crippen LogP contribution in [0.25, 0.3) is 0 Å². The van der Waals surface area contributed by atoms with Crippen LogP contribution in [0.4, 0.5) is 0 Å². The minimum atomic E-state index is 0.533. The van der Waals surface area contributed by atoms with Crippen LogP contribution in [0.1, 0.15) is 56.7 Å². The lowest BCUT2D eigenvalue weighted by Gasteiger charge is -2.40. The van der Waals surface area contributed by atoms with E-state index in [0.29, 0.717) is 12.1 Å². The second-order valence-corrected chi connectivity index (χ2v) is 6.79. The zero-order chi connectivity index (χ0) is 14.7. The highest BCUT2D eigenvalue weighted by Crippen LogP contribution is 2.35. The molecule has 0 aromatic heterocycles. The van der Waals surface area contributed by atoms with E-state index >= 15 is 0 Å². The van der Waals surface area contributed by atoms with Crippen LogP contribution in [-0.4, -0.2) is 30.6 Å². The number of rotatable bonds is 5. The van der Waals surface area contributed by atoms with E-state index in [1.165, 1.54) is 45.2 Å². The third kappa shape index (κ3) is 3.17. The van der Waals surface area contributed by atoms with Crippen molar-refractivity contribution in [1.82, 2.24) is 10.2 Å². The van der Waals surface area contributed by atoms with Gasteiger partial charge in [0.25, 0.3) is 0 Å². The van der Waals surface area contributed by atoms with Crippen molar-refractivity contribution in [3.63, 3.8) is 0 Å². The second-order valence-electron chi connectivity index (χ2n) is 6.79. The van der Waals surface area contributed by atoms with Crippen molar-refractivity contribution in [1.29, 1.82) is 0 Å². The fourth-order valence-corrected chi connectivity index (χ4v) is 4.18. The van der Waals surface area contributed by atoms with E-state index in [4.69, 9.17) is 0 Å². The molecule has 3 atom stereocenters. The molecule has 1 N–H and O–H groups in total. The van der Waals surface area contributed by atoms with Crippen molar-refractivity contribution in [2.75, 3.05) is 19.6 Å². The Labute approximate surface area is 129 Å². The van der Waals surface area contributed by atoms with Crippen molar-refractivity contribution in [3.05, 3.63) is 35.4 Å². The van der Waals surface area contributed by atoms with Gasteiger partial charge in [-0.25, -0.2) is 0 Å². The third-order valence-electron chi connectivity index (χ3n) is 5.46. The van der Waals surface area contributed by atoms with E-state index in [0.717, 1.165) is 12.5 Å². The van der Waals surface area contributed by atoms with Gasteiger partial charge in [0.05, 0.1) is 0 Å². The molecular formula is C19H30N2. The maximum Gasteiger partial charge on any atom is 0.0481 e. The second kappa shape index (κ2) is 6.93. The van der Waals surface area contributed by atoms with Crippen molar-refractivity contribution in [3.8, 4) is 0 Å². The lowest BCUT2D eigenvalue weighted by atomic mass is 9.83. The Balaban J connectivity index is 1.80. The molecular weight excluding hydrogens is 256 g/mol. The highest BCUT2D eigenvalue weighted by molar-refractivity contribution is 5.34. The topological polar surface area (TPSA) is 15.3 Å².